The zero-order valence-corrected chi connectivity index (χ0v) is 15.6. The second-order valence-corrected chi connectivity index (χ2v) is 7.01. The monoisotopic (exact) mass is 406 g/mol. The molecule has 5 N–H and O–H groups in total. The molecule has 30 heavy (non-hydrogen) atoms. The van der Waals surface area contributed by atoms with Gasteiger partial charge in [-0.05, 0) is 47.0 Å². The van der Waals surface area contributed by atoms with E-state index in [0.29, 0.717) is 22.3 Å². The number of phenols is 5. The van der Waals surface area contributed by atoms with E-state index in [4.69, 9.17) is 4.74 Å². The van der Waals surface area contributed by atoms with Crippen LogP contribution in [0.1, 0.15) is 34.6 Å². The molecule has 152 valence electrons. The molecule has 1 atom stereocenters. The lowest BCUT2D eigenvalue weighted by Gasteiger charge is -2.27. The van der Waals surface area contributed by atoms with E-state index < -0.39 is 11.9 Å². The van der Waals surface area contributed by atoms with Crippen molar-refractivity contribution in [2.75, 3.05) is 0 Å². The Hall–Kier alpha value is -4.13. The van der Waals surface area contributed by atoms with Gasteiger partial charge in [0.1, 0.15) is 11.5 Å². The smallest absolute Gasteiger partial charge is 0.312 e. The number of benzene rings is 3. The minimum atomic E-state index is -0.482. The minimum absolute atomic E-state index is 0.0167. The average Bonchev–Trinajstić information content (AvgIpc) is 2.69. The highest BCUT2D eigenvalue weighted by atomic mass is 16.5. The maximum Gasteiger partial charge on any atom is 0.312 e. The summed E-state index contributed by atoms with van der Waals surface area (Å²) in [4.78, 5) is 12.1. The summed E-state index contributed by atoms with van der Waals surface area (Å²) < 4.78 is 5.33. The topological polar surface area (TPSA) is 127 Å². The molecule has 0 amide bonds. The lowest BCUT2D eigenvalue weighted by Crippen LogP contribution is -2.21. The van der Waals surface area contributed by atoms with Crippen LogP contribution in [0.15, 0.2) is 48.5 Å². The van der Waals surface area contributed by atoms with Gasteiger partial charge in [-0.15, -0.1) is 0 Å². The Bertz CT molecular complexity index is 1180. The number of hydrogen-bond donors (Lipinski definition) is 5. The molecule has 0 saturated heterocycles. The van der Waals surface area contributed by atoms with Gasteiger partial charge in [-0.2, -0.15) is 0 Å². The van der Waals surface area contributed by atoms with Gasteiger partial charge in [-0.1, -0.05) is 24.3 Å². The van der Waals surface area contributed by atoms with Gasteiger partial charge in [0.25, 0.3) is 0 Å². The molecular weight excluding hydrogens is 388 g/mol. The molecule has 7 nitrogen and oxygen atoms in total. The van der Waals surface area contributed by atoms with Gasteiger partial charge < -0.3 is 30.3 Å². The van der Waals surface area contributed by atoms with Crippen LogP contribution in [-0.2, 0) is 4.79 Å². The predicted molar refractivity (Wildman–Crippen MR) is 109 cm³/mol. The molecule has 3 aromatic rings. The van der Waals surface area contributed by atoms with Gasteiger partial charge in [0.2, 0.25) is 0 Å². The summed E-state index contributed by atoms with van der Waals surface area (Å²) in [6, 6.07) is 11.6. The van der Waals surface area contributed by atoms with Crippen LogP contribution >= 0.6 is 0 Å². The molecule has 0 aliphatic carbocycles. The van der Waals surface area contributed by atoms with Crippen molar-refractivity contribution in [3.63, 3.8) is 0 Å². The molecule has 0 spiro atoms. The van der Waals surface area contributed by atoms with Gasteiger partial charge in [0.05, 0.1) is 6.42 Å². The van der Waals surface area contributed by atoms with Crippen LogP contribution < -0.4 is 4.74 Å². The van der Waals surface area contributed by atoms with E-state index in [9.17, 15) is 30.3 Å². The molecule has 0 aromatic heterocycles. The van der Waals surface area contributed by atoms with Crippen molar-refractivity contribution in [1.29, 1.82) is 0 Å². The van der Waals surface area contributed by atoms with E-state index in [2.05, 4.69) is 0 Å². The van der Waals surface area contributed by atoms with Gasteiger partial charge in [0, 0.05) is 17.5 Å². The fourth-order valence-electron chi connectivity index (χ4n) is 3.53. The first-order chi connectivity index (χ1) is 14.3. The van der Waals surface area contributed by atoms with Crippen LogP contribution in [0.2, 0.25) is 0 Å². The first kappa shape index (κ1) is 19.2. The zero-order valence-electron chi connectivity index (χ0n) is 15.6. The third-order valence-electron chi connectivity index (χ3n) is 4.96. The third-order valence-corrected chi connectivity index (χ3v) is 4.96. The Morgan fingerprint density at radius 2 is 1.50 bits per heavy atom. The number of hydrogen-bond acceptors (Lipinski definition) is 7. The Morgan fingerprint density at radius 1 is 0.800 bits per heavy atom. The molecule has 0 bridgehead atoms. The number of carbonyl (C=O) groups is 1. The van der Waals surface area contributed by atoms with E-state index >= 15 is 0 Å². The van der Waals surface area contributed by atoms with Crippen LogP contribution in [-0.4, -0.2) is 31.5 Å². The fourth-order valence-corrected chi connectivity index (χ4v) is 3.53. The lowest BCUT2D eigenvalue weighted by molar-refractivity contribution is -0.135. The second kappa shape index (κ2) is 7.36. The maximum absolute atomic E-state index is 12.1. The molecule has 4 rings (SSSR count). The number of rotatable bonds is 3. The fraction of sp³-hybridized carbons (Fsp3) is 0.0870. The Kier molecular flexibility index (Phi) is 4.71. The molecule has 0 saturated carbocycles. The number of phenolic OH excluding ortho intramolecular Hbond substituents is 5. The number of aromatic hydroxyl groups is 5. The Labute approximate surface area is 171 Å². The lowest BCUT2D eigenvalue weighted by atomic mass is 9.83. The van der Waals surface area contributed by atoms with Crippen LogP contribution in [0.5, 0.6) is 34.5 Å². The first-order valence-electron chi connectivity index (χ1n) is 9.11. The number of carbonyl (C=O) groups excluding carboxylic acids is 1. The molecule has 0 radical (unpaired) electrons. The molecule has 3 aromatic carbocycles. The average molecular weight is 406 g/mol. The predicted octanol–water partition coefficient (Wildman–Crippen LogP) is 3.83. The van der Waals surface area contributed by atoms with Crippen molar-refractivity contribution in [3.8, 4) is 34.5 Å². The van der Waals surface area contributed by atoms with Crippen molar-refractivity contribution in [2.24, 2.45) is 0 Å². The summed E-state index contributed by atoms with van der Waals surface area (Å²) in [6.45, 7) is 0. The molecule has 7 heteroatoms. The highest BCUT2D eigenvalue weighted by Crippen LogP contribution is 2.44. The minimum Gasteiger partial charge on any atom is -0.508 e. The quantitative estimate of drug-likeness (QED) is 0.194. The van der Waals surface area contributed by atoms with E-state index in [1.165, 1.54) is 36.4 Å². The van der Waals surface area contributed by atoms with Gasteiger partial charge in [-0.25, -0.2) is 0 Å². The molecule has 0 unspecified atom stereocenters. The van der Waals surface area contributed by atoms with Crippen molar-refractivity contribution >= 4 is 18.1 Å². The third kappa shape index (κ3) is 3.60. The molecular formula is C23H18O7. The molecule has 1 aliphatic heterocycles. The number of ether oxygens (including phenoxy) is 1. The van der Waals surface area contributed by atoms with Crippen molar-refractivity contribution in [2.45, 2.75) is 12.3 Å². The zero-order chi connectivity index (χ0) is 21.4. The molecule has 1 heterocycles. The summed E-state index contributed by atoms with van der Waals surface area (Å²) in [5.41, 5.74) is 2.42. The van der Waals surface area contributed by atoms with Gasteiger partial charge in [0.15, 0.2) is 23.0 Å². The van der Waals surface area contributed by atoms with Crippen LogP contribution in [0, 0.1) is 0 Å². The second-order valence-electron chi connectivity index (χ2n) is 7.01. The number of esters is 1. The van der Waals surface area contributed by atoms with E-state index in [1.54, 1.807) is 24.3 Å². The van der Waals surface area contributed by atoms with Gasteiger partial charge >= 0.3 is 5.97 Å². The van der Waals surface area contributed by atoms with Crippen molar-refractivity contribution in [3.05, 3.63) is 70.8 Å². The summed E-state index contributed by atoms with van der Waals surface area (Å²) in [6.07, 6.45) is 3.38. The summed E-state index contributed by atoms with van der Waals surface area (Å²) in [5.74, 6) is -1.91. The maximum atomic E-state index is 12.1. The molecule has 0 fully saturated rings. The van der Waals surface area contributed by atoms with Crippen LogP contribution in [0.4, 0.5) is 0 Å². The van der Waals surface area contributed by atoms with Crippen LogP contribution in [0.25, 0.3) is 12.2 Å². The Balaban J connectivity index is 1.82. The highest BCUT2D eigenvalue weighted by molar-refractivity contribution is 5.82. The summed E-state index contributed by atoms with van der Waals surface area (Å²) in [7, 11) is 0. The first-order valence-corrected chi connectivity index (χ1v) is 9.11. The van der Waals surface area contributed by atoms with E-state index in [1.807, 2.05) is 0 Å². The van der Waals surface area contributed by atoms with Crippen LogP contribution in [0.3, 0.4) is 0 Å². The van der Waals surface area contributed by atoms with E-state index in [0.717, 1.165) is 0 Å². The largest absolute Gasteiger partial charge is 0.508 e. The summed E-state index contributed by atoms with van der Waals surface area (Å²) in [5, 5.41) is 48.7. The normalized spacial score (nSPS) is 15.7. The van der Waals surface area contributed by atoms with Crippen molar-refractivity contribution < 1.29 is 35.1 Å². The van der Waals surface area contributed by atoms with Crippen molar-refractivity contribution in [1.82, 2.24) is 0 Å². The summed E-state index contributed by atoms with van der Waals surface area (Å²) >= 11 is 0. The standard InChI is InChI=1S/C23H18O7/c24-15-8-14(3-1-12-2-5-17(25)19(27)7-12)23-16(11-22(29)30-21(23)10-15)13-4-6-18(26)20(28)9-13/h1-10,16,24-28H,11H2/b3-1+/t16-/m1/s1. The SMILES string of the molecule is O=C1C[C@H](c2ccc(O)c(O)c2)c2c(/C=C/c3ccc(O)c(O)c3)cc(O)cc2O1. The number of fused-ring (bicyclic) bond motifs is 1. The van der Waals surface area contributed by atoms with Gasteiger partial charge in [-0.3, -0.25) is 4.79 Å². The molecule has 1 aliphatic rings. The highest BCUT2D eigenvalue weighted by Gasteiger charge is 2.31. The Morgan fingerprint density at radius 3 is 2.20 bits per heavy atom. The van der Waals surface area contributed by atoms with E-state index in [-0.39, 0.29) is 40.9 Å².